The molecule has 1 aliphatic rings. The number of nitrogens with two attached hydrogens (primary N) is 2. The van der Waals surface area contributed by atoms with E-state index in [9.17, 15) is 0 Å². The van der Waals surface area contributed by atoms with Gasteiger partial charge in [-0.25, -0.2) is 11.7 Å². The Hall–Kier alpha value is -2.04. The number of hydrogen-bond donors (Lipinski definition) is 2. The van der Waals surface area contributed by atoms with Gasteiger partial charge in [-0.05, 0) is 24.3 Å². The van der Waals surface area contributed by atoms with Gasteiger partial charge >= 0.3 is 0 Å². The maximum Gasteiger partial charge on any atom is 0.0827 e. The van der Waals surface area contributed by atoms with Crippen molar-refractivity contribution in [1.82, 2.24) is 0 Å². The fourth-order valence-electron chi connectivity index (χ4n) is 2.00. The van der Waals surface area contributed by atoms with Crippen molar-refractivity contribution >= 4 is 22.7 Å². The van der Waals surface area contributed by atoms with Gasteiger partial charge in [-0.15, -0.1) is 0 Å². The van der Waals surface area contributed by atoms with E-state index in [4.69, 9.17) is 11.7 Å². The quantitative estimate of drug-likeness (QED) is 0.656. The van der Waals surface area contributed by atoms with E-state index < -0.39 is 0 Å². The molecule has 0 unspecified atom stereocenters. The molecule has 1 aliphatic heterocycles. The zero-order valence-corrected chi connectivity index (χ0v) is 8.67. The summed E-state index contributed by atoms with van der Waals surface area (Å²) < 4.78 is 0. The third-order valence-electron chi connectivity index (χ3n) is 2.80. The molecule has 4 nitrogen and oxygen atoms in total. The molecule has 0 spiro atoms. The van der Waals surface area contributed by atoms with Crippen molar-refractivity contribution in [1.29, 1.82) is 0 Å². The zero-order valence-electron chi connectivity index (χ0n) is 8.67. The SMILES string of the molecule is NN1c2ccccc2N(N)c2ccccc21. The number of nitrogens with zero attached hydrogens (tertiary/aromatic N) is 2. The molecule has 1 heterocycles. The number of fused-ring (bicyclic) bond motifs is 2. The molecule has 4 N–H and O–H groups in total. The van der Waals surface area contributed by atoms with Crippen molar-refractivity contribution in [2.45, 2.75) is 0 Å². The zero-order chi connectivity index (χ0) is 11.1. The summed E-state index contributed by atoms with van der Waals surface area (Å²) in [5.41, 5.74) is 3.62. The Balaban J connectivity index is 2.26. The van der Waals surface area contributed by atoms with Crippen molar-refractivity contribution in [2.75, 3.05) is 10.0 Å². The Bertz CT molecular complexity index is 443. The van der Waals surface area contributed by atoms with Gasteiger partial charge in [0.1, 0.15) is 0 Å². The Morgan fingerprint density at radius 2 is 0.812 bits per heavy atom. The molecule has 0 saturated carbocycles. The first-order valence-corrected chi connectivity index (χ1v) is 5.07. The minimum absolute atomic E-state index is 0.906. The molecule has 0 aliphatic carbocycles. The summed E-state index contributed by atoms with van der Waals surface area (Å²) in [6.45, 7) is 0. The maximum absolute atomic E-state index is 6.07. The third-order valence-corrected chi connectivity index (χ3v) is 2.80. The molecule has 4 heteroatoms. The summed E-state index contributed by atoms with van der Waals surface area (Å²) >= 11 is 0. The van der Waals surface area contributed by atoms with Crippen LogP contribution in [0.25, 0.3) is 0 Å². The second kappa shape index (κ2) is 3.23. The molecule has 0 fully saturated rings. The number of anilines is 4. The lowest BCUT2D eigenvalue weighted by Crippen LogP contribution is -2.36. The number of rotatable bonds is 0. The highest BCUT2D eigenvalue weighted by atomic mass is 15.5. The lowest BCUT2D eigenvalue weighted by Gasteiger charge is -2.34. The molecule has 2 aromatic carbocycles. The predicted molar refractivity (Wildman–Crippen MR) is 65.5 cm³/mol. The molecule has 0 aromatic heterocycles. The molecule has 16 heavy (non-hydrogen) atoms. The molecule has 2 aromatic rings. The van der Waals surface area contributed by atoms with Crippen molar-refractivity contribution in [3.63, 3.8) is 0 Å². The van der Waals surface area contributed by atoms with Gasteiger partial charge in [0.2, 0.25) is 0 Å². The lowest BCUT2D eigenvalue weighted by atomic mass is 10.1. The van der Waals surface area contributed by atoms with Crippen LogP contribution in [0.5, 0.6) is 0 Å². The van der Waals surface area contributed by atoms with E-state index in [2.05, 4.69) is 0 Å². The highest BCUT2D eigenvalue weighted by Gasteiger charge is 2.23. The minimum atomic E-state index is 0.906. The average molecular weight is 212 g/mol. The molecule has 3 rings (SSSR count). The number of para-hydroxylation sites is 4. The van der Waals surface area contributed by atoms with E-state index in [0.29, 0.717) is 0 Å². The van der Waals surface area contributed by atoms with Gasteiger partial charge in [0.25, 0.3) is 0 Å². The van der Waals surface area contributed by atoms with Crippen LogP contribution in [0.1, 0.15) is 0 Å². The third kappa shape index (κ3) is 1.11. The summed E-state index contributed by atoms with van der Waals surface area (Å²) in [5.74, 6) is 12.1. The first-order valence-electron chi connectivity index (χ1n) is 5.07. The fraction of sp³-hybridized carbons (Fsp3) is 0. The first kappa shape index (κ1) is 9.21. The minimum Gasteiger partial charge on any atom is -0.275 e. The van der Waals surface area contributed by atoms with Crippen LogP contribution < -0.4 is 21.7 Å². The molecule has 0 amide bonds. The van der Waals surface area contributed by atoms with E-state index in [-0.39, 0.29) is 0 Å². The van der Waals surface area contributed by atoms with Gasteiger partial charge in [-0.1, -0.05) is 24.3 Å². The monoisotopic (exact) mass is 212 g/mol. The highest BCUT2D eigenvalue weighted by molar-refractivity contribution is 5.91. The van der Waals surface area contributed by atoms with Gasteiger partial charge in [0.15, 0.2) is 0 Å². The summed E-state index contributed by atoms with van der Waals surface area (Å²) in [6, 6.07) is 15.6. The lowest BCUT2D eigenvalue weighted by molar-refractivity contribution is 0.990. The van der Waals surface area contributed by atoms with Gasteiger partial charge < -0.3 is 0 Å². The van der Waals surface area contributed by atoms with Crippen LogP contribution in [-0.4, -0.2) is 0 Å². The molecule has 0 radical (unpaired) electrons. The molecule has 0 atom stereocenters. The van der Waals surface area contributed by atoms with Crippen molar-refractivity contribution < 1.29 is 0 Å². The van der Waals surface area contributed by atoms with E-state index in [1.807, 2.05) is 48.5 Å². The van der Waals surface area contributed by atoms with Crippen LogP contribution in [-0.2, 0) is 0 Å². The number of hydrazine groups is 2. The Morgan fingerprint density at radius 1 is 0.562 bits per heavy atom. The normalized spacial score (nSPS) is 13.4. The van der Waals surface area contributed by atoms with Gasteiger partial charge in [-0.3, -0.25) is 10.0 Å². The predicted octanol–water partition coefficient (Wildman–Crippen LogP) is 2.02. The number of hydrogen-bond acceptors (Lipinski definition) is 4. The molecular weight excluding hydrogens is 200 g/mol. The molecule has 80 valence electrons. The standard InChI is InChI=1S/C12H12N4/c13-15-9-5-1-2-6-10(9)16(14)12-8-4-3-7-11(12)15/h1-8H,13-14H2. The van der Waals surface area contributed by atoms with Crippen molar-refractivity contribution in [2.24, 2.45) is 11.7 Å². The van der Waals surface area contributed by atoms with Gasteiger partial charge in [0, 0.05) is 0 Å². The van der Waals surface area contributed by atoms with Crippen LogP contribution in [0.15, 0.2) is 48.5 Å². The van der Waals surface area contributed by atoms with Crippen LogP contribution in [0, 0.1) is 0 Å². The van der Waals surface area contributed by atoms with Crippen LogP contribution >= 0.6 is 0 Å². The Kier molecular flexibility index (Phi) is 1.86. The van der Waals surface area contributed by atoms with Crippen LogP contribution in [0.2, 0.25) is 0 Å². The summed E-state index contributed by atoms with van der Waals surface area (Å²) in [5, 5.41) is 3.32. The van der Waals surface area contributed by atoms with Crippen LogP contribution in [0.3, 0.4) is 0 Å². The second-order valence-electron chi connectivity index (χ2n) is 3.72. The molecule has 0 bridgehead atoms. The number of benzene rings is 2. The Labute approximate surface area is 93.6 Å². The average Bonchev–Trinajstić information content (AvgIpc) is 2.36. The molecular formula is C12H12N4. The second-order valence-corrected chi connectivity index (χ2v) is 3.72. The van der Waals surface area contributed by atoms with Crippen molar-refractivity contribution in [3.8, 4) is 0 Å². The first-order chi connectivity index (χ1) is 7.79. The van der Waals surface area contributed by atoms with E-state index >= 15 is 0 Å². The van der Waals surface area contributed by atoms with Crippen LogP contribution in [0.4, 0.5) is 22.7 Å². The Morgan fingerprint density at radius 3 is 1.06 bits per heavy atom. The highest BCUT2D eigenvalue weighted by Crippen LogP contribution is 2.43. The smallest absolute Gasteiger partial charge is 0.0827 e. The van der Waals surface area contributed by atoms with Gasteiger partial charge in [0.05, 0.1) is 22.7 Å². The van der Waals surface area contributed by atoms with Crippen molar-refractivity contribution in [3.05, 3.63) is 48.5 Å². The topological polar surface area (TPSA) is 58.5 Å². The van der Waals surface area contributed by atoms with Gasteiger partial charge in [-0.2, -0.15) is 0 Å². The summed E-state index contributed by atoms with van der Waals surface area (Å²) in [4.78, 5) is 0. The summed E-state index contributed by atoms with van der Waals surface area (Å²) in [7, 11) is 0. The fourth-order valence-corrected chi connectivity index (χ4v) is 2.00. The largest absolute Gasteiger partial charge is 0.275 e. The van der Waals surface area contributed by atoms with E-state index in [1.165, 1.54) is 0 Å². The van der Waals surface area contributed by atoms with E-state index in [1.54, 1.807) is 10.0 Å². The molecule has 0 saturated heterocycles. The maximum atomic E-state index is 6.07. The summed E-state index contributed by atoms with van der Waals surface area (Å²) in [6.07, 6.45) is 0. The van der Waals surface area contributed by atoms with E-state index in [0.717, 1.165) is 22.7 Å².